The minimum absolute atomic E-state index is 0.110. The zero-order valence-electron chi connectivity index (χ0n) is 15.7. The van der Waals surface area contributed by atoms with Gasteiger partial charge in [0.2, 0.25) is 0 Å². The molecule has 1 aromatic heterocycles. The van der Waals surface area contributed by atoms with Crippen LogP contribution >= 0.6 is 11.3 Å². The first-order chi connectivity index (χ1) is 12.5. The van der Waals surface area contributed by atoms with Crippen LogP contribution in [-0.4, -0.2) is 38.1 Å². The van der Waals surface area contributed by atoms with Crippen molar-refractivity contribution in [2.45, 2.75) is 33.1 Å². The lowest BCUT2D eigenvalue weighted by atomic mass is 9.88. The molecule has 1 atom stereocenters. The average molecular weight is 378 g/mol. The number of nitrogens with one attached hydrogen (secondary N) is 2. The number of anilines is 1. The molecule has 1 amide bonds. The van der Waals surface area contributed by atoms with Crippen LogP contribution in [0, 0.1) is 5.92 Å². The predicted molar refractivity (Wildman–Crippen MR) is 106 cm³/mol. The fourth-order valence-corrected chi connectivity index (χ4v) is 4.71. The van der Waals surface area contributed by atoms with Crippen molar-refractivity contribution >= 4 is 28.2 Å². The second-order valence-electron chi connectivity index (χ2n) is 6.74. The molecule has 0 fully saturated rings. The normalized spacial score (nSPS) is 16.0. The molecule has 5 nitrogen and oxygen atoms in total. The van der Waals surface area contributed by atoms with Gasteiger partial charge < -0.3 is 15.0 Å². The van der Waals surface area contributed by atoms with Crippen molar-refractivity contribution in [3.05, 3.63) is 41.3 Å². The SMILES string of the molecule is C=CC[NH+](CC=C)CC(=O)Nc1sc2c(c1C(=O)OCC)CC[C@H](C)C2. The van der Waals surface area contributed by atoms with Crippen molar-refractivity contribution in [2.24, 2.45) is 5.92 Å². The molecule has 2 rings (SSSR count). The topological polar surface area (TPSA) is 59.8 Å². The van der Waals surface area contributed by atoms with Crippen LogP contribution in [0.1, 0.15) is 41.1 Å². The summed E-state index contributed by atoms with van der Waals surface area (Å²) in [5.74, 6) is 0.150. The van der Waals surface area contributed by atoms with Crippen molar-refractivity contribution in [2.75, 3.05) is 31.6 Å². The summed E-state index contributed by atoms with van der Waals surface area (Å²) in [4.78, 5) is 27.3. The number of carbonyl (C=O) groups is 2. The van der Waals surface area contributed by atoms with Crippen LogP contribution in [0.5, 0.6) is 0 Å². The molecular weight excluding hydrogens is 348 g/mol. The van der Waals surface area contributed by atoms with E-state index in [1.807, 2.05) is 0 Å². The van der Waals surface area contributed by atoms with Crippen molar-refractivity contribution in [1.82, 2.24) is 0 Å². The van der Waals surface area contributed by atoms with Crippen LogP contribution in [-0.2, 0) is 22.4 Å². The lowest BCUT2D eigenvalue weighted by molar-refractivity contribution is -0.879. The van der Waals surface area contributed by atoms with E-state index in [4.69, 9.17) is 4.74 Å². The first-order valence-corrected chi connectivity index (χ1v) is 9.98. The van der Waals surface area contributed by atoms with Gasteiger partial charge in [0.25, 0.3) is 5.91 Å². The third-order valence-corrected chi connectivity index (χ3v) is 5.69. The van der Waals surface area contributed by atoms with Crippen LogP contribution < -0.4 is 10.2 Å². The minimum atomic E-state index is -0.337. The van der Waals surface area contributed by atoms with Gasteiger partial charge in [-0.05, 0) is 49.8 Å². The Morgan fingerprint density at radius 1 is 1.35 bits per heavy atom. The lowest BCUT2D eigenvalue weighted by Gasteiger charge is -2.18. The zero-order valence-corrected chi connectivity index (χ0v) is 16.5. The van der Waals surface area contributed by atoms with Gasteiger partial charge in [-0.15, -0.1) is 11.3 Å². The van der Waals surface area contributed by atoms with Gasteiger partial charge in [-0.2, -0.15) is 0 Å². The molecule has 0 aliphatic heterocycles. The largest absolute Gasteiger partial charge is 0.462 e. The Hall–Kier alpha value is -1.92. The Kier molecular flexibility index (Phi) is 7.60. The van der Waals surface area contributed by atoms with Crippen molar-refractivity contribution < 1.29 is 19.2 Å². The number of esters is 1. The summed E-state index contributed by atoms with van der Waals surface area (Å²) in [6.45, 7) is 13.5. The van der Waals surface area contributed by atoms with E-state index < -0.39 is 0 Å². The molecule has 1 aromatic rings. The van der Waals surface area contributed by atoms with Gasteiger partial charge in [0.15, 0.2) is 6.54 Å². The highest BCUT2D eigenvalue weighted by atomic mass is 32.1. The molecule has 26 heavy (non-hydrogen) atoms. The van der Waals surface area contributed by atoms with E-state index in [-0.39, 0.29) is 11.9 Å². The van der Waals surface area contributed by atoms with Gasteiger partial charge in [-0.1, -0.05) is 20.1 Å². The molecule has 0 aromatic carbocycles. The maximum absolute atomic E-state index is 12.5. The zero-order chi connectivity index (χ0) is 19.1. The summed E-state index contributed by atoms with van der Waals surface area (Å²) in [5.41, 5.74) is 1.62. The summed E-state index contributed by atoms with van der Waals surface area (Å²) in [5, 5.41) is 3.59. The molecule has 1 aliphatic carbocycles. The predicted octanol–water partition coefficient (Wildman–Crippen LogP) is 2.24. The highest BCUT2D eigenvalue weighted by Crippen LogP contribution is 2.40. The molecule has 1 aliphatic rings. The Balaban J connectivity index is 2.21. The number of amides is 1. The molecule has 0 spiro atoms. The van der Waals surface area contributed by atoms with Crippen molar-refractivity contribution in [3.8, 4) is 0 Å². The molecule has 142 valence electrons. The smallest absolute Gasteiger partial charge is 0.341 e. The average Bonchev–Trinajstić information content (AvgIpc) is 2.92. The van der Waals surface area contributed by atoms with Gasteiger partial charge in [-0.3, -0.25) is 4.79 Å². The second-order valence-corrected chi connectivity index (χ2v) is 7.84. The maximum atomic E-state index is 12.5. The minimum Gasteiger partial charge on any atom is -0.462 e. The molecule has 0 radical (unpaired) electrons. The van der Waals surface area contributed by atoms with E-state index in [0.717, 1.165) is 29.7 Å². The van der Waals surface area contributed by atoms with E-state index in [0.29, 0.717) is 42.7 Å². The van der Waals surface area contributed by atoms with Gasteiger partial charge in [0.1, 0.15) is 5.00 Å². The van der Waals surface area contributed by atoms with Gasteiger partial charge >= 0.3 is 5.97 Å². The summed E-state index contributed by atoms with van der Waals surface area (Å²) < 4.78 is 5.24. The number of carbonyl (C=O) groups excluding carboxylic acids is 2. The van der Waals surface area contributed by atoms with Crippen molar-refractivity contribution in [1.29, 1.82) is 0 Å². The summed E-state index contributed by atoms with van der Waals surface area (Å²) in [6, 6.07) is 0. The van der Waals surface area contributed by atoms with Crippen LogP contribution in [0.15, 0.2) is 25.3 Å². The number of thiophene rings is 1. The molecule has 0 saturated heterocycles. The van der Waals surface area contributed by atoms with E-state index in [9.17, 15) is 9.59 Å². The molecular formula is C20H29N2O3S+. The molecule has 0 bridgehead atoms. The number of ether oxygens (including phenoxy) is 1. The Labute approximate surface area is 159 Å². The Bertz CT molecular complexity index is 671. The third-order valence-electron chi connectivity index (χ3n) is 4.52. The van der Waals surface area contributed by atoms with Gasteiger partial charge in [0.05, 0.1) is 25.3 Å². The monoisotopic (exact) mass is 377 g/mol. The molecule has 1 heterocycles. The molecule has 0 unspecified atom stereocenters. The number of fused-ring (bicyclic) bond motifs is 1. The maximum Gasteiger partial charge on any atom is 0.341 e. The van der Waals surface area contributed by atoms with E-state index in [1.54, 1.807) is 19.1 Å². The fraction of sp³-hybridized carbons (Fsp3) is 0.500. The van der Waals surface area contributed by atoms with Crippen LogP contribution in [0.25, 0.3) is 0 Å². The van der Waals surface area contributed by atoms with Gasteiger partial charge in [-0.25, -0.2) is 4.79 Å². The number of hydrogen-bond donors (Lipinski definition) is 2. The number of quaternary nitrogens is 1. The Morgan fingerprint density at radius 2 is 2.04 bits per heavy atom. The highest BCUT2D eigenvalue weighted by molar-refractivity contribution is 7.17. The first-order valence-electron chi connectivity index (χ1n) is 9.16. The molecule has 2 N–H and O–H groups in total. The summed E-state index contributed by atoms with van der Waals surface area (Å²) in [7, 11) is 0. The quantitative estimate of drug-likeness (QED) is 0.513. The molecule has 0 saturated carbocycles. The first kappa shape index (κ1) is 20.4. The number of hydrogen-bond acceptors (Lipinski definition) is 4. The van der Waals surface area contributed by atoms with Crippen LogP contribution in [0.2, 0.25) is 0 Å². The Morgan fingerprint density at radius 3 is 2.65 bits per heavy atom. The number of rotatable bonds is 9. The van der Waals surface area contributed by atoms with Crippen LogP contribution in [0.3, 0.4) is 0 Å². The van der Waals surface area contributed by atoms with Gasteiger partial charge in [0, 0.05) is 4.88 Å². The van der Waals surface area contributed by atoms with E-state index in [2.05, 4.69) is 25.4 Å². The summed E-state index contributed by atoms with van der Waals surface area (Å²) in [6.07, 6.45) is 6.46. The second kappa shape index (κ2) is 9.69. The van der Waals surface area contributed by atoms with Crippen molar-refractivity contribution in [3.63, 3.8) is 0 Å². The van der Waals surface area contributed by atoms with Crippen LogP contribution in [0.4, 0.5) is 5.00 Å². The van der Waals surface area contributed by atoms with E-state index >= 15 is 0 Å². The molecule has 6 heteroatoms. The highest BCUT2D eigenvalue weighted by Gasteiger charge is 2.29. The lowest BCUT2D eigenvalue weighted by Crippen LogP contribution is -3.12. The fourth-order valence-electron chi connectivity index (χ4n) is 3.29. The van der Waals surface area contributed by atoms with E-state index in [1.165, 1.54) is 16.2 Å². The third kappa shape index (κ3) is 5.05. The summed E-state index contributed by atoms with van der Waals surface area (Å²) >= 11 is 1.52. The standard InChI is InChI=1S/C20H28N2O3S/c1-5-10-22(11-6-2)13-17(23)21-19-18(20(24)25-7-3)15-9-8-14(4)12-16(15)26-19/h5-6,14H,1-2,7-13H2,3-4H3,(H,21,23)/p+1/t14-/m0/s1.